The van der Waals surface area contributed by atoms with Crippen molar-refractivity contribution >= 4 is 29.5 Å². The molecular weight excluding hydrogens is 1710 g/mol. The number of amides is 5. The minimum Gasteiger partial charge on any atom is -0.394 e. The van der Waals surface area contributed by atoms with Crippen LogP contribution in [0.2, 0.25) is 0 Å². The van der Waals surface area contributed by atoms with E-state index in [2.05, 4.69) is 26.6 Å². The number of carbonyl (C=O) groups is 5. The minimum atomic E-state index is -2.66. The molecule has 10 rings (SSSR count). The average Bonchev–Trinajstić information content (AvgIpc) is 0.760. The van der Waals surface area contributed by atoms with Crippen LogP contribution in [0.5, 0.6) is 0 Å². The van der Waals surface area contributed by atoms with Crippen LogP contribution in [0.15, 0.2) is 0 Å². The standard InChI is InChI=1S/C70H117N5O50/c1-16-36(89)47(100)50(103)66(108-16)125-59-49(102)40(93)25(10-79)113-69(59)121-55-28(13-82)115-65(35(46(55)99)75-21(6)88)119-56-29(14-83)116-70(60(51(56)104)124-63-33(73-19(4)86)43(96)38(91)23(8-77)111-63)122-57-41(94)30(15-107-68-58(48(101)39(92)24(9-78)112-68)123-62-32(72-18(3)85)42(95)37(90)22(7-76)110-62)117-67(52(57)105)120-54-27(12-81)114-64(34(45(54)98)74-20(5)87)118-53-26(11-80)109-61(106)31(44(53)97)71-17(2)84/h16,22-70,76-83,89-106H,7-15H2,1-6H3,(H,71,84)(H,72,85)(H,73,86)(H,74,87)(H,75,88)/t16-,22+,23+,24+,25+,26+,27+,28+,29+,30+,31+,32+,33+,34+,35+,36+,37+,38+,39+,40-,41+,42+,43+,44+,45+,46+,47+,48-,49-,50-,51-,52-,53+,54+,55+,56+,57-,58-,59+,60-,61+,62-,63-,64-,65-,66-,67-,68-,69-,70+/m0/s1. The maximum absolute atomic E-state index is 13.3. The monoisotopic (exact) mass is 1830 g/mol. The number of hydrogen-bond donors (Lipinski definition) is 31. The first-order chi connectivity index (χ1) is 59.1. The number of aliphatic hydroxyl groups is 26. The van der Waals surface area contributed by atoms with Crippen LogP contribution in [0, 0.1) is 0 Å². The lowest BCUT2D eigenvalue weighted by Crippen LogP contribution is -2.71. The van der Waals surface area contributed by atoms with Gasteiger partial charge in [0.25, 0.3) is 0 Å². The average molecular weight is 1830 g/mol. The van der Waals surface area contributed by atoms with E-state index in [1.807, 2.05) is 0 Å². The highest BCUT2D eigenvalue weighted by atomic mass is 16.8. The van der Waals surface area contributed by atoms with Gasteiger partial charge in [-0.3, -0.25) is 24.0 Å². The molecule has 0 unspecified atom stereocenters. The fraction of sp³-hybridized carbons (Fsp3) is 0.929. The summed E-state index contributed by atoms with van der Waals surface area (Å²) in [6, 6.07) is -9.43. The number of ether oxygens (including phenoxy) is 19. The van der Waals surface area contributed by atoms with Crippen molar-refractivity contribution in [3.63, 3.8) is 0 Å². The molecule has 0 aromatic heterocycles. The summed E-state index contributed by atoms with van der Waals surface area (Å²) in [4.78, 5) is 64.1. The zero-order valence-electron chi connectivity index (χ0n) is 67.7. The van der Waals surface area contributed by atoms with E-state index in [1.54, 1.807) is 0 Å². The second-order valence-corrected chi connectivity index (χ2v) is 31.7. The Hall–Kier alpha value is -4.45. The predicted molar refractivity (Wildman–Crippen MR) is 386 cm³/mol. The van der Waals surface area contributed by atoms with Crippen LogP contribution in [0.25, 0.3) is 0 Å². The summed E-state index contributed by atoms with van der Waals surface area (Å²) in [5, 5.41) is 305. The van der Waals surface area contributed by atoms with Gasteiger partial charge in [-0.1, -0.05) is 0 Å². The highest BCUT2D eigenvalue weighted by Gasteiger charge is 2.62. The Balaban J connectivity index is 1.02. The second-order valence-electron chi connectivity index (χ2n) is 31.7. The SMILES string of the molecule is CC(=O)N[C@@H]1[C@@H](O)[C@H](O[C@@H]2O[C@H](CO)[C@@H](O[C@@H]3O[C@H](CO[C@H]4O[C@H](CO)[C@@H](O)[C@H](O)[C@@H]4O[C@@H]4O[C@H](CO)[C@@H](O)[C@H](O)[C@H]4NC(C)=O)[C@@H](O)[C@H](O[C@H]4O[C@H](CO)[C@@H](O[C@@H]5O[C@H](CO)[C@@H](O[C@@H]6O[C@H](CO)[C@H](O)[C@H](O)[C@H]6O[C@@H]6O[C@@H](C)[C@@H](O)[C@@H](O)[C@@H]6O)[C@H](O)[C@H]5NC(C)=O)[C@H](O)[C@@H]4O[C@@H]4O[C@H](CO)[C@@H](O)[C@H](O)[C@H]4NC(C)=O)[C@@H]3O)[C@H](O)[C@H]2NC(C)=O)[C@@H](CO)O[C@H]1O. The topological polar surface area (TPSA) is 847 Å². The summed E-state index contributed by atoms with van der Waals surface area (Å²) in [7, 11) is 0. The van der Waals surface area contributed by atoms with Crippen molar-refractivity contribution < 1.29 is 247 Å². The minimum absolute atomic E-state index is 0.804. The van der Waals surface area contributed by atoms with Crippen LogP contribution in [0.4, 0.5) is 0 Å². The first kappa shape index (κ1) is 103. The van der Waals surface area contributed by atoms with Crippen molar-refractivity contribution in [1.29, 1.82) is 0 Å². The molecule has 31 N–H and O–H groups in total. The van der Waals surface area contributed by atoms with Gasteiger partial charge < -0.3 is 249 Å². The molecule has 722 valence electrons. The van der Waals surface area contributed by atoms with Gasteiger partial charge >= 0.3 is 0 Å². The van der Waals surface area contributed by atoms with E-state index >= 15 is 0 Å². The van der Waals surface area contributed by atoms with Gasteiger partial charge in [-0.25, -0.2) is 0 Å². The number of nitrogens with one attached hydrogen (secondary N) is 5. The van der Waals surface area contributed by atoms with Crippen molar-refractivity contribution in [2.24, 2.45) is 0 Å². The fourth-order valence-electron chi connectivity index (χ4n) is 16.3. The fourth-order valence-corrected chi connectivity index (χ4v) is 16.3. The lowest BCUT2D eigenvalue weighted by atomic mass is 9.93. The Kier molecular flexibility index (Phi) is 36.8. The molecule has 10 aliphatic heterocycles. The maximum atomic E-state index is 13.3. The van der Waals surface area contributed by atoms with Crippen LogP contribution < -0.4 is 26.6 Å². The molecule has 5 amide bonds. The van der Waals surface area contributed by atoms with E-state index in [9.17, 15) is 157 Å². The molecule has 55 heteroatoms. The number of carbonyl (C=O) groups excluding carboxylic acids is 5. The molecule has 10 heterocycles. The Labute approximate surface area is 708 Å². The largest absolute Gasteiger partial charge is 0.394 e. The van der Waals surface area contributed by atoms with Gasteiger partial charge in [0, 0.05) is 34.6 Å². The van der Waals surface area contributed by atoms with Gasteiger partial charge in [-0.2, -0.15) is 0 Å². The van der Waals surface area contributed by atoms with Gasteiger partial charge in [0.05, 0.1) is 65.6 Å². The second kappa shape index (κ2) is 44.9. The van der Waals surface area contributed by atoms with E-state index < -0.39 is 396 Å². The summed E-state index contributed by atoms with van der Waals surface area (Å²) in [5.74, 6) is -4.61. The lowest BCUT2D eigenvalue weighted by molar-refractivity contribution is -0.406. The van der Waals surface area contributed by atoms with E-state index in [1.165, 1.54) is 6.92 Å². The lowest BCUT2D eigenvalue weighted by Gasteiger charge is -2.52. The quantitative estimate of drug-likeness (QED) is 0.0297. The molecular formula is C70H117N5O50. The Bertz CT molecular complexity index is 3420. The first-order valence-electron chi connectivity index (χ1n) is 40.0. The Morgan fingerprint density at radius 3 is 0.888 bits per heavy atom. The highest BCUT2D eigenvalue weighted by molar-refractivity contribution is 5.75. The maximum Gasteiger partial charge on any atom is 0.217 e. The third-order valence-electron chi connectivity index (χ3n) is 22.8. The van der Waals surface area contributed by atoms with E-state index in [0.29, 0.717) is 0 Å². The molecule has 10 saturated heterocycles. The molecule has 55 nitrogen and oxygen atoms in total. The van der Waals surface area contributed by atoms with E-state index in [0.717, 1.165) is 34.6 Å². The predicted octanol–water partition coefficient (Wildman–Crippen LogP) is -21.1. The zero-order valence-corrected chi connectivity index (χ0v) is 67.7. The molecule has 0 aromatic rings. The number of hydrogen-bond acceptors (Lipinski definition) is 50. The summed E-state index contributed by atoms with van der Waals surface area (Å²) in [6.07, 6.45) is -94.8. The van der Waals surface area contributed by atoms with Gasteiger partial charge in [-0.05, 0) is 6.92 Å². The van der Waals surface area contributed by atoms with Gasteiger partial charge in [0.1, 0.15) is 238 Å². The molecule has 0 saturated carbocycles. The Morgan fingerprint density at radius 2 is 0.488 bits per heavy atom. The molecule has 0 aromatic carbocycles. The molecule has 125 heavy (non-hydrogen) atoms. The number of aliphatic hydroxyl groups excluding tert-OH is 26. The van der Waals surface area contributed by atoms with Crippen LogP contribution in [0.3, 0.4) is 0 Å². The smallest absolute Gasteiger partial charge is 0.217 e. The summed E-state index contributed by atoms with van der Waals surface area (Å²) in [6.45, 7) is -4.36. The van der Waals surface area contributed by atoms with Crippen LogP contribution in [0.1, 0.15) is 41.5 Å². The van der Waals surface area contributed by atoms with Gasteiger partial charge in [0.2, 0.25) is 29.5 Å². The third kappa shape index (κ3) is 22.9. The first-order valence-corrected chi connectivity index (χ1v) is 40.0. The Morgan fingerprint density at radius 1 is 0.224 bits per heavy atom. The van der Waals surface area contributed by atoms with Gasteiger partial charge in [0.15, 0.2) is 62.9 Å². The molecule has 10 aliphatic rings. The molecule has 50 atom stereocenters. The number of rotatable bonds is 32. The molecule has 0 bridgehead atoms. The van der Waals surface area contributed by atoms with Crippen molar-refractivity contribution in [3.05, 3.63) is 0 Å². The van der Waals surface area contributed by atoms with Crippen LogP contribution in [-0.2, 0) is 114 Å². The summed E-state index contributed by atoms with van der Waals surface area (Å²) < 4.78 is 114. The third-order valence-corrected chi connectivity index (χ3v) is 22.8. The summed E-state index contributed by atoms with van der Waals surface area (Å²) in [5.41, 5.74) is 0. The van der Waals surface area contributed by atoms with Gasteiger partial charge in [-0.15, -0.1) is 0 Å². The highest BCUT2D eigenvalue weighted by Crippen LogP contribution is 2.42. The van der Waals surface area contributed by atoms with Crippen molar-refractivity contribution in [2.45, 2.75) is 348 Å². The van der Waals surface area contributed by atoms with Crippen LogP contribution in [-0.4, -0.2) is 529 Å². The normalized spacial score (nSPS) is 48.7. The van der Waals surface area contributed by atoms with E-state index in [-0.39, 0.29) is 0 Å². The molecule has 10 fully saturated rings. The van der Waals surface area contributed by atoms with Crippen LogP contribution >= 0.6 is 0 Å². The molecule has 0 radical (unpaired) electrons. The van der Waals surface area contributed by atoms with E-state index in [4.69, 9.17) is 90.0 Å². The van der Waals surface area contributed by atoms with Crippen molar-refractivity contribution in [2.75, 3.05) is 59.5 Å². The van der Waals surface area contributed by atoms with Crippen molar-refractivity contribution in [1.82, 2.24) is 26.6 Å². The zero-order chi connectivity index (χ0) is 92.1. The summed E-state index contributed by atoms with van der Waals surface area (Å²) >= 11 is 0. The molecule has 0 spiro atoms. The van der Waals surface area contributed by atoms with Crippen molar-refractivity contribution in [3.8, 4) is 0 Å². The molecule has 0 aliphatic carbocycles.